The minimum atomic E-state index is -0.402. The van der Waals surface area contributed by atoms with E-state index in [1.807, 2.05) is 30.3 Å². The van der Waals surface area contributed by atoms with E-state index in [-0.39, 0.29) is 12.6 Å². The summed E-state index contributed by atoms with van der Waals surface area (Å²) in [6.45, 7) is 1.24. The molecule has 6 heteroatoms. The Kier molecular flexibility index (Phi) is 4.83. The summed E-state index contributed by atoms with van der Waals surface area (Å²) in [4.78, 5) is 39.9. The van der Waals surface area contributed by atoms with Crippen molar-refractivity contribution < 1.29 is 19.1 Å². The minimum absolute atomic E-state index is 0.152. The molecule has 0 bridgehead atoms. The highest BCUT2D eigenvalue weighted by Gasteiger charge is 2.36. The molecule has 3 amide bonds. The number of benzene rings is 3. The van der Waals surface area contributed by atoms with Crippen molar-refractivity contribution in [3.63, 3.8) is 0 Å². The van der Waals surface area contributed by atoms with Crippen LogP contribution in [0.5, 0.6) is 11.5 Å². The van der Waals surface area contributed by atoms with Gasteiger partial charge in [-0.2, -0.15) is 0 Å². The predicted molar refractivity (Wildman–Crippen MR) is 108 cm³/mol. The summed E-state index contributed by atoms with van der Waals surface area (Å²) in [5.74, 6) is 0.235. The Morgan fingerprint density at radius 1 is 0.793 bits per heavy atom. The van der Waals surface area contributed by atoms with E-state index < -0.39 is 11.8 Å². The molecule has 0 radical (unpaired) electrons. The lowest BCUT2D eigenvalue weighted by Crippen LogP contribution is -2.43. The normalized spacial score (nSPS) is 12.7. The van der Waals surface area contributed by atoms with Crippen LogP contribution in [0.1, 0.15) is 27.6 Å². The predicted octanol–water partition coefficient (Wildman–Crippen LogP) is 4.09. The molecule has 3 aromatic carbocycles. The maximum atomic E-state index is 12.6. The van der Waals surface area contributed by atoms with Crippen molar-refractivity contribution in [3.8, 4) is 11.5 Å². The minimum Gasteiger partial charge on any atom is -0.457 e. The third kappa shape index (κ3) is 3.60. The van der Waals surface area contributed by atoms with Crippen molar-refractivity contribution in [1.82, 2.24) is 4.90 Å². The number of anilines is 1. The molecule has 0 aromatic heterocycles. The molecular formula is C23H18N2O4. The molecule has 4 rings (SSSR count). The Bertz CT molecular complexity index is 1040. The molecule has 0 N–H and O–H groups in total. The van der Waals surface area contributed by atoms with Crippen molar-refractivity contribution in [2.75, 3.05) is 11.6 Å². The fraction of sp³-hybridized carbons (Fsp3) is 0.0870. The Morgan fingerprint density at radius 2 is 1.31 bits per heavy atom. The lowest BCUT2D eigenvalue weighted by Gasteiger charge is -2.26. The van der Waals surface area contributed by atoms with Crippen LogP contribution in [0.2, 0.25) is 0 Å². The van der Waals surface area contributed by atoms with Crippen LogP contribution < -0.4 is 9.64 Å². The van der Waals surface area contributed by atoms with E-state index in [1.54, 1.807) is 48.5 Å². The topological polar surface area (TPSA) is 66.9 Å². The molecule has 3 aromatic rings. The van der Waals surface area contributed by atoms with Gasteiger partial charge in [0.25, 0.3) is 11.8 Å². The maximum Gasteiger partial charge on any atom is 0.263 e. The van der Waals surface area contributed by atoms with Gasteiger partial charge in [0.1, 0.15) is 18.2 Å². The summed E-state index contributed by atoms with van der Waals surface area (Å²) in [5.41, 5.74) is 1.27. The average Bonchev–Trinajstić information content (AvgIpc) is 2.98. The van der Waals surface area contributed by atoms with Gasteiger partial charge in [0.15, 0.2) is 0 Å². The Labute approximate surface area is 167 Å². The first-order valence-electron chi connectivity index (χ1n) is 9.11. The Balaban J connectivity index is 1.54. The fourth-order valence-corrected chi connectivity index (χ4v) is 3.19. The van der Waals surface area contributed by atoms with E-state index in [0.29, 0.717) is 28.3 Å². The van der Waals surface area contributed by atoms with E-state index in [4.69, 9.17) is 4.74 Å². The van der Waals surface area contributed by atoms with Gasteiger partial charge in [-0.05, 0) is 48.5 Å². The number of hydrogen-bond acceptors (Lipinski definition) is 4. The number of nitrogens with zero attached hydrogens (tertiary/aromatic N) is 2. The number of carbonyl (C=O) groups is 3. The van der Waals surface area contributed by atoms with E-state index in [9.17, 15) is 14.4 Å². The zero-order chi connectivity index (χ0) is 20.4. The van der Waals surface area contributed by atoms with Crippen molar-refractivity contribution in [2.24, 2.45) is 0 Å². The maximum absolute atomic E-state index is 12.6. The summed E-state index contributed by atoms with van der Waals surface area (Å²) in [7, 11) is 0. The number of fused-ring (bicyclic) bond motifs is 1. The number of ether oxygens (including phenoxy) is 1. The van der Waals surface area contributed by atoms with Crippen LogP contribution in [0, 0.1) is 0 Å². The summed E-state index contributed by atoms with van der Waals surface area (Å²) in [6, 6.07) is 22.9. The molecule has 0 spiro atoms. The smallest absolute Gasteiger partial charge is 0.263 e. The molecule has 144 valence electrons. The summed E-state index contributed by atoms with van der Waals surface area (Å²) >= 11 is 0. The summed E-state index contributed by atoms with van der Waals surface area (Å²) < 4.78 is 5.76. The van der Waals surface area contributed by atoms with Gasteiger partial charge in [0.2, 0.25) is 5.91 Å². The standard InChI is InChI=1S/C23H18N2O4/c1-16(26)24(15-25-22(27)20-9-5-6-10-21(20)23(25)28)17-11-13-19(14-12-17)29-18-7-3-2-4-8-18/h2-14H,15H2,1H3. The van der Waals surface area contributed by atoms with Crippen LogP contribution in [0.25, 0.3) is 0 Å². The Morgan fingerprint density at radius 3 is 1.86 bits per heavy atom. The SMILES string of the molecule is CC(=O)N(CN1C(=O)c2ccccc2C1=O)c1ccc(Oc2ccccc2)cc1. The first-order chi connectivity index (χ1) is 14.0. The second-order valence-electron chi connectivity index (χ2n) is 6.58. The lowest BCUT2D eigenvalue weighted by molar-refractivity contribution is -0.116. The molecule has 0 fully saturated rings. The van der Waals surface area contributed by atoms with Crippen molar-refractivity contribution in [3.05, 3.63) is 90.0 Å². The molecule has 29 heavy (non-hydrogen) atoms. The molecule has 0 saturated heterocycles. The van der Waals surface area contributed by atoms with Crippen molar-refractivity contribution in [2.45, 2.75) is 6.92 Å². The van der Waals surface area contributed by atoms with Gasteiger partial charge in [-0.15, -0.1) is 0 Å². The summed E-state index contributed by atoms with van der Waals surface area (Å²) in [6.07, 6.45) is 0. The van der Waals surface area contributed by atoms with Gasteiger partial charge in [-0.3, -0.25) is 24.2 Å². The number of imide groups is 1. The zero-order valence-electron chi connectivity index (χ0n) is 15.7. The molecule has 6 nitrogen and oxygen atoms in total. The lowest BCUT2D eigenvalue weighted by atomic mass is 10.1. The van der Waals surface area contributed by atoms with Gasteiger partial charge in [-0.1, -0.05) is 30.3 Å². The van der Waals surface area contributed by atoms with E-state index in [1.165, 1.54) is 11.8 Å². The molecule has 1 heterocycles. The number of hydrogen-bond donors (Lipinski definition) is 0. The second kappa shape index (κ2) is 7.59. The van der Waals surface area contributed by atoms with Gasteiger partial charge in [0, 0.05) is 12.6 Å². The molecule has 0 unspecified atom stereocenters. The molecule has 0 aliphatic carbocycles. The fourth-order valence-electron chi connectivity index (χ4n) is 3.19. The highest BCUT2D eigenvalue weighted by Crippen LogP contribution is 2.27. The van der Waals surface area contributed by atoms with E-state index in [2.05, 4.69) is 0 Å². The summed E-state index contributed by atoms with van der Waals surface area (Å²) in [5, 5.41) is 0. The molecule has 0 saturated carbocycles. The monoisotopic (exact) mass is 386 g/mol. The largest absolute Gasteiger partial charge is 0.457 e. The third-order valence-corrected chi connectivity index (χ3v) is 4.67. The first-order valence-corrected chi connectivity index (χ1v) is 9.11. The molecule has 1 aliphatic heterocycles. The van der Waals surface area contributed by atoms with Crippen molar-refractivity contribution in [1.29, 1.82) is 0 Å². The molecule has 1 aliphatic rings. The number of amides is 3. The van der Waals surface area contributed by atoms with Gasteiger partial charge >= 0.3 is 0 Å². The van der Waals surface area contributed by atoms with Crippen LogP contribution >= 0.6 is 0 Å². The highest BCUT2D eigenvalue weighted by atomic mass is 16.5. The number of rotatable bonds is 5. The first kappa shape index (κ1) is 18.4. The average molecular weight is 386 g/mol. The van der Waals surface area contributed by atoms with Gasteiger partial charge in [-0.25, -0.2) is 0 Å². The van der Waals surface area contributed by atoms with Crippen LogP contribution in [-0.2, 0) is 4.79 Å². The highest BCUT2D eigenvalue weighted by molar-refractivity contribution is 6.21. The van der Waals surface area contributed by atoms with Crippen LogP contribution in [0.4, 0.5) is 5.69 Å². The van der Waals surface area contributed by atoms with Crippen LogP contribution in [0.15, 0.2) is 78.9 Å². The van der Waals surface area contributed by atoms with Crippen LogP contribution in [-0.4, -0.2) is 29.3 Å². The van der Waals surface area contributed by atoms with Crippen molar-refractivity contribution >= 4 is 23.4 Å². The zero-order valence-corrected chi connectivity index (χ0v) is 15.7. The third-order valence-electron chi connectivity index (χ3n) is 4.67. The van der Waals surface area contributed by atoms with Gasteiger partial charge in [0.05, 0.1) is 11.1 Å². The van der Waals surface area contributed by atoms with E-state index in [0.717, 1.165) is 4.90 Å². The van der Waals surface area contributed by atoms with E-state index >= 15 is 0 Å². The quantitative estimate of drug-likeness (QED) is 0.620. The van der Waals surface area contributed by atoms with Crippen LogP contribution in [0.3, 0.4) is 0 Å². The second-order valence-corrected chi connectivity index (χ2v) is 6.58. The Hall–Kier alpha value is -3.93. The molecular weight excluding hydrogens is 368 g/mol. The number of para-hydroxylation sites is 1. The van der Waals surface area contributed by atoms with Gasteiger partial charge < -0.3 is 4.74 Å². The number of carbonyl (C=O) groups excluding carboxylic acids is 3. The molecule has 0 atom stereocenters.